The van der Waals surface area contributed by atoms with Gasteiger partial charge < -0.3 is 10.5 Å². The van der Waals surface area contributed by atoms with E-state index in [2.05, 4.69) is 6.92 Å². The summed E-state index contributed by atoms with van der Waals surface area (Å²) in [6.07, 6.45) is 11.3. The number of unbranched alkanes of at least 4 members (excludes halogenated alkanes) is 7. The van der Waals surface area contributed by atoms with E-state index in [0.717, 1.165) is 12.8 Å². The van der Waals surface area contributed by atoms with Crippen LogP contribution in [0.3, 0.4) is 0 Å². The molecule has 0 aliphatic heterocycles. The maximum atomic E-state index is 11.1. The fourth-order valence-corrected chi connectivity index (χ4v) is 1.64. The highest BCUT2D eigenvalue weighted by atomic mass is 16.5. The third-order valence-corrected chi connectivity index (χ3v) is 2.59. The topological polar surface area (TPSA) is 52.3 Å². The molecule has 0 atom stereocenters. The van der Waals surface area contributed by atoms with Crippen LogP contribution in [0.1, 0.15) is 65.2 Å². The smallest absolute Gasteiger partial charge is 0.332 e. The number of hydrogen-bond donors (Lipinski definition) is 1. The molecule has 0 bridgehead atoms. The van der Waals surface area contributed by atoms with E-state index in [1.165, 1.54) is 44.6 Å². The minimum Gasteiger partial charge on any atom is -0.462 e. The van der Waals surface area contributed by atoms with Crippen LogP contribution in [0.15, 0.2) is 11.8 Å². The molecule has 0 aliphatic carbocycles. The van der Waals surface area contributed by atoms with E-state index in [0.29, 0.717) is 12.3 Å². The Morgan fingerprint density at radius 1 is 1.06 bits per heavy atom. The first kappa shape index (κ1) is 16.0. The molecule has 0 aliphatic rings. The molecular weight excluding hydrogens is 214 g/mol. The molecule has 100 valence electrons. The van der Waals surface area contributed by atoms with Gasteiger partial charge in [0.05, 0.1) is 6.61 Å². The maximum Gasteiger partial charge on any atom is 0.332 e. The number of hydrogen-bond acceptors (Lipinski definition) is 3. The molecule has 0 aromatic rings. The number of allylic oxidation sites excluding steroid dienone is 1. The molecule has 0 unspecified atom stereocenters. The van der Waals surface area contributed by atoms with Crippen molar-refractivity contribution in [2.24, 2.45) is 5.73 Å². The molecular formula is C14H27NO2. The number of ether oxygens (including phenoxy) is 1. The number of rotatable bonds is 10. The summed E-state index contributed by atoms with van der Waals surface area (Å²) in [5.74, 6) is -0.326. The molecule has 2 N–H and O–H groups in total. The Kier molecular flexibility index (Phi) is 10.8. The summed E-state index contributed by atoms with van der Waals surface area (Å²) in [4.78, 5) is 11.1. The minimum atomic E-state index is -0.326. The number of carbonyl (C=O) groups excluding carboxylic acids is 1. The molecule has 0 heterocycles. The maximum absolute atomic E-state index is 11.1. The lowest BCUT2D eigenvalue weighted by Gasteiger charge is -2.03. The van der Waals surface area contributed by atoms with Crippen LogP contribution in [0.2, 0.25) is 0 Å². The zero-order chi connectivity index (χ0) is 12.9. The van der Waals surface area contributed by atoms with Gasteiger partial charge in [-0.2, -0.15) is 0 Å². The molecule has 0 spiro atoms. The Labute approximate surface area is 105 Å². The van der Waals surface area contributed by atoms with Gasteiger partial charge in [-0.05, 0) is 13.3 Å². The molecule has 0 aromatic heterocycles. The largest absolute Gasteiger partial charge is 0.462 e. The highest BCUT2D eigenvalue weighted by Crippen LogP contribution is 2.08. The van der Waals surface area contributed by atoms with Crippen LogP contribution in [0, 0.1) is 0 Å². The first-order valence-corrected chi connectivity index (χ1v) is 6.77. The van der Waals surface area contributed by atoms with Crippen LogP contribution in [0.4, 0.5) is 0 Å². The summed E-state index contributed by atoms with van der Waals surface area (Å²) in [6, 6.07) is 0. The highest BCUT2D eigenvalue weighted by Gasteiger charge is 1.97. The van der Waals surface area contributed by atoms with Crippen molar-refractivity contribution in [2.45, 2.75) is 65.2 Å². The molecule has 3 nitrogen and oxygen atoms in total. The first-order valence-electron chi connectivity index (χ1n) is 6.77. The molecule has 0 rings (SSSR count). The normalized spacial score (nSPS) is 11.5. The summed E-state index contributed by atoms with van der Waals surface area (Å²) >= 11 is 0. The molecule has 17 heavy (non-hydrogen) atoms. The van der Waals surface area contributed by atoms with Gasteiger partial charge in [0.1, 0.15) is 0 Å². The Bertz CT molecular complexity index is 220. The van der Waals surface area contributed by atoms with Gasteiger partial charge in [0.25, 0.3) is 0 Å². The zero-order valence-corrected chi connectivity index (χ0v) is 11.3. The Hall–Kier alpha value is -0.990. The monoisotopic (exact) mass is 241 g/mol. The van der Waals surface area contributed by atoms with Gasteiger partial charge >= 0.3 is 5.97 Å². The summed E-state index contributed by atoms with van der Waals surface area (Å²) < 4.78 is 5.00. The summed E-state index contributed by atoms with van der Waals surface area (Å²) in [5, 5.41) is 0. The predicted octanol–water partition coefficient (Wildman–Crippen LogP) is 3.53. The number of nitrogens with two attached hydrogens (primary N) is 1. The lowest BCUT2D eigenvalue weighted by Crippen LogP contribution is -2.05. The van der Waals surface area contributed by atoms with Crippen LogP contribution >= 0.6 is 0 Å². The molecule has 0 fully saturated rings. The zero-order valence-electron chi connectivity index (χ0n) is 11.3. The highest BCUT2D eigenvalue weighted by molar-refractivity contribution is 5.82. The summed E-state index contributed by atoms with van der Waals surface area (Å²) in [7, 11) is 0. The average Bonchev–Trinajstić information content (AvgIpc) is 2.26. The first-order chi connectivity index (χ1) is 8.16. The van der Waals surface area contributed by atoms with Crippen molar-refractivity contribution >= 4 is 5.97 Å². The van der Waals surface area contributed by atoms with Crippen LogP contribution in [-0.4, -0.2) is 12.6 Å². The van der Waals surface area contributed by atoms with Gasteiger partial charge in [-0.15, -0.1) is 0 Å². The van der Waals surface area contributed by atoms with Crippen molar-refractivity contribution in [3.63, 3.8) is 0 Å². The molecule has 0 saturated heterocycles. The van der Waals surface area contributed by atoms with Crippen LogP contribution < -0.4 is 5.73 Å². The summed E-state index contributed by atoms with van der Waals surface area (Å²) in [6.45, 7) is 4.42. The second-order valence-corrected chi connectivity index (χ2v) is 4.53. The van der Waals surface area contributed by atoms with Gasteiger partial charge in [-0.3, -0.25) is 0 Å². The predicted molar refractivity (Wildman–Crippen MR) is 71.5 cm³/mol. The van der Waals surface area contributed by atoms with Crippen molar-refractivity contribution < 1.29 is 9.53 Å². The standard InChI is InChI=1S/C14H27NO2/c1-3-4-5-6-7-8-9-10-11-17-14(16)12-13(2)15/h12H,3-11,15H2,1-2H3/b13-12+. The Balaban J connectivity index is 3.18. The number of carbonyl (C=O) groups is 1. The van der Waals surface area contributed by atoms with Gasteiger partial charge in [0, 0.05) is 11.8 Å². The summed E-state index contributed by atoms with van der Waals surface area (Å²) in [5.41, 5.74) is 5.86. The molecule has 0 radical (unpaired) electrons. The van der Waals surface area contributed by atoms with Gasteiger partial charge in [-0.1, -0.05) is 51.9 Å². The van der Waals surface area contributed by atoms with Crippen LogP contribution in [0.25, 0.3) is 0 Å². The molecule has 0 amide bonds. The van der Waals surface area contributed by atoms with Crippen LogP contribution in [0.5, 0.6) is 0 Å². The average molecular weight is 241 g/mol. The fourth-order valence-electron chi connectivity index (χ4n) is 1.64. The Morgan fingerprint density at radius 3 is 2.12 bits per heavy atom. The van der Waals surface area contributed by atoms with Crippen molar-refractivity contribution in [3.8, 4) is 0 Å². The lowest BCUT2D eigenvalue weighted by molar-refractivity contribution is -0.137. The number of esters is 1. The van der Waals surface area contributed by atoms with E-state index in [1.807, 2.05) is 0 Å². The second-order valence-electron chi connectivity index (χ2n) is 4.53. The third-order valence-electron chi connectivity index (χ3n) is 2.59. The van der Waals surface area contributed by atoms with Crippen molar-refractivity contribution in [1.82, 2.24) is 0 Å². The van der Waals surface area contributed by atoms with Crippen LogP contribution in [-0.2, 0) is 9.53 Å². The quantitative estimate of drug-likeness (QED) is 0.361. The molecule has 0 aromatic carbocycles. The van der Waals surface area contributed by atoms with Crippen molar-refractivity contribution in [2.75, 3.05) is 6.61 Å². The van der Waals surface area contributed by atoms with E-state index in [-0.39, 0.29) is 5.97 Å². The van der Waals surface area contributed by atoms with E-state index in [9.17, 15) is 4.79 Å². The van der Waals surface area contributed by atoms with E-state index in [4.69, 9.17) is 10.5 Å². The van der Waals surface area contributed by atoms with Crippen molar-refractivity contribution in [3.05, 3.63) is 11.8 Å². The SMILES string of the molecule is CCCCCCCCCCOC(=O)/C=C(\C)N. The van der Waals surface area contributed by atoms with E-state index < -0.39 is 0 Å². The minimum absolute atomic E-state index is 0.326. The molecule has 0 saturated carbocycles. The fraction of sp³-hybridized carbons (Fsp3) is 0.786. The van der Waals surface area contributed by atoms with Gasteiger partial charge in [0.2, 0.25) is 0 Å². The van der Waals surface area contributed by atoms with E-state index >= 15 is 0 Å². The Morgan fingerprint density at radius 2 is 1.59 bits per heavy atom. The molecule has 3 heteroatoms. The van der Waals surface area contributed by atoms with Gasteiger partial charge in [-0.25, -0.2) is 4.79 Å². The second kappa shape index (κ2) is 11.5. The van der Waals surface area contributed by atoms with E-state index in [1.54, 1.807) is 6.92 Å². The van der Waals surface area contributed by atoms with Gasteiger partial charge in [0.15, 0.2) is 0 Å². The van der Waals surface area contributed by atoms with Crippen molar-refractivity contribution in [1.29, 1.82) is 0 Å². The third kappa shape index (κ3) is 12.9. The lowest BCUT2D eigenvalue weighted by atomic mass is 10.1.